The largest absolute Gasteiger partial charge is 0.323 e. The molecule has 0 atom stereocenters. The van der Waals surface area contributed by atoms with E-state index in [1.165, 1.54) is 0 Å². The fraction of sp³-hybridized carbons (Fsp3) is 0.278. The van der Waals surface area contributed by atoms with E-state index in [-0.39, 0.29) is 25.9 Å². The Morgan fingerprint density at radius 3 is 2.17 bits per heavy atom. The van der Waals surface area contributed by atoms with E-state index in [4.69, 9.17) is 0 Å². The third-order valence-corrected chi connectivity index (χ3v) is 6.52. The first-order valence-corrected chi connectivity index (χ1v) is 9.94. The Labute approximate surface area is 163 Å². The van der Waals surface area contributed by atoms with Gasteiger partial charge in [-0.3, -0.25) is 4.79 Å². The number of benzene rings is 2. The quantitative estimate of drug-likeness (QED) is 0.593. The number of sulfonamides is 1. The van der Waals surface area contributed by atoms with Crippen molar-refractivity contribution in [3.8, 4) is 0 Å². The van der Waals surface area contributed by atoms with Crippen LogP contribution in [-0.2, 0) is 14.8 Å². The predicted molar refractivity (Wildman–Crippen MR) is 92.8 cm³/mol. The predicted octanol–water partition coefficient (Wildman–Crippen LogP) is 3.42. The van der Waals surface area contributed by atoms with E-state index >= 15 is 0 Å². The molecule has 3 rings (SSSR count). The zero-order valence-electron chi connectivity index (χ0n) is 14.8. The van der Waals surface area contributed by atoms with Crippen LogP contribution in [0.5, 0.6) is 0 Å². The van der Waals surface area contributed by atoms with Crippen LogP contribution in [0.1, 0.15) is 12.8 Å². The van der Waals surface area contributed by atoms with E-state index in [9.17, 15) is 35.2 Å². The summed E-state index contributed by atoms with van der Waals surface area (Å²) < 4.78 is 93.0. The van der Waals surface area contributed by atoms with Gasteiger partial charge in [0.1, 0.15) is 22.3 Å². The molecule has 156 valence electrons. The van der Waals surface area contributed by atoms with Crippen LogP contribution in [0.2, 0.25) is 0 Å². The lowest BCUT2D eigenvalue weighted by molar-refractivity contribution is -0.120. The third kappa shape index (κ3) is 4.40. The molecule has 2 aromatic rings. The van der Waals surface area contributed by atoms with Crippen LogP contribution in [0.3, 0.4) is 0 Å². The molecule has 11 heteroatoms. The number of hydrogen-bond donors (Lipinski definition) is 1. The van der Waals surface area contributed by atoms with Crippen molar-refractivity contribution in [1.82, 2.24) is 4.31 Å². The zero-order chi connectivity index (χ0) is 21.3. The minimum absolute atomic E-state index is 0.0211. The van der Waals surface area contributed by atoms with Crippen LogP contribution >= 0.6 is 0 Å². The zero-order valence-corrected chi connectivity index (χ0v) is 15.6. The summed E-state index contributed by atoms with van der Waals surface area (Å²) in [4.78, 5) is 11.5. The molecule has 0 radical (unpaired) electrons. The van der Waals surface area contributed by atoms with Crippen molar-refractivity contribution in [3.63, 3.8) is 0 Å². The molecule has 1 amide bonds. The Hall–Kier alpha value is -2.53. The summed E-state index contributed by atoms with van der Waals surface area (Å²) in [6.45, 7) is -0.312. The molecule has 1 fully saturated rings. The van der Waals surface area contributed by atoms with Crippen molar-refractivity contribution < 1.29 is 35.2 Å². The minimum atomic E-state index is -4.30. The molecule has 1 aliphatic rings. The van der Waals surface area contributed by atoms with Gasteiger partial charge in [-0.15, -0.1) is 0 Å². The number of nitrogens with zero attached hydrogens (tertiary/aromatic N) is 1. The van der Waals surface area contributed by atoms with E-state index in [2.05, 4.69) is 5.32 Å². The van der Waals surface area contributed by atoms with Crippen LogP contribution in [0, 0.1) is 35.0 Å². The lowest BCUT2D eigenvalue weighted by atomic mass is 9.97. The Morgan fingerprint density at radius 2 is 1.52 bits per heavy atom. The summed E-state index contributed by atoms with van der Waals surface area (Å²) in [5.41, 5.74) is -0.536. The van der Waals surface area contributed by atoms with Crippen molar-refractivity contribution in [3.05, 3.63) is 59.4 Å². The Kier molecular flexibility index (Phi) is 5.90. The summed E-state index contributed by atoms with van der Waals surface area (Å²) in [6.07, 6.45) is 0.0422. The minimum Gasteiger partial charge on any atom is -0.323 e. The van der Waals surface area contributed by atoms with E-state index in [0.717, 1.165) is 10.4 Å². The Morgan fingerprint density at radius 1 is 0.897 bits per heavy atom. The van der Waals surface area contributed by atoms with Gasteiger partial charge in [0.25, 0.3) is 0 Å². The highest BCUT2D eigenvalue weighted by Gasteiger charge is 2.34. The molecule has 29 heavy (non-hydrogen) atoms. The molecule has 1 heterocycles. The van der Waals surface area contributed by atoms with Gasteiger partial charge in [-0.25, -0.2) is 30.4 Å². The summed E-state index contributed by atoms with van der Waals surface area (Å²) in [6, 6.07) is 2.89. The monoisotopic (exact) mass is 434 g/mol. The van der Waals surface area contributed by atoms with E-state index in [1.54, 1.807) is 0 Å². The molecule has 2 aromatic carbocycles. The Bertz CT molecular complexity index is 1050. The van der Waals surface area contributed by atoms with Crippen molar-refractivity contribution in [1.29, 1.82) is 0 Å². The van der Waals surface area contributed by atoms with Crippen LogP contribution in [-0.4, -0.2) is 31.7 Å². The Balaban J connectivity index is 1.68. The first-order valence-electron chi connectivity index (χ1n) is 8.50. The average Bonchev–Trinajstić information content (AvgIpc) is 2.68. The second-order valence-corrected chi connectivity index (χ2v) is 8.39. The van der Waals surface area contributed by atoms with Gasteiger partial charge >= 0.3 is 0 Å². The van der Waals surface area contributed by atoms with E-state index in [1.807, 2.05) is 0 Å². The SMILES string of the molecule is O=C(Nc1cc(F)c(F)cc1F)C1CCN(S(=O)(=O)c2cc(F)ccc2F)CC1. The molecule has 0 spiro atoms. The maximum atomic E-state index is 13.8. The molecular weight excluding hydrogens is 419 g/mol. The molecule has 0 saturated carbocycles. The summed E-state index contributed by atoms with van der Waals surface area (Å²) in [7, 11) is -4.30. The van der Waals surface area contributed by atoms with Crippen molar-refractivity contribution in [2.45, 2.75) is 17.7 Å². The van der Waals surface area contributed by atoms with Crippen LogP contribution in [0.4, 0.5) is 27.6 Å². The van der Waals surface area contributed by atoms with Gasteiger partial charge in [-0.2, -0.15) is 4.31 Å². The summed E-state index contributed by atoms with van der Waals surface area (Å²) in [5, 5.41) is 2.15. The lowest BCUT2D eigenvalue weighted by Crippen LogP contribution is -2.41. The van der Waals surface area contributed by atoms with Gasteiger partial charge < -0.3 is 5.32 Å². The molecule has 1 aliphatic heterocycles. The van der Waals surface area contributed by atoms with Gasteiger partial charge in [0.2, 0.25) is 15.9 Å². The molecule has 0 aromatic heterocycles. The molecule has 0 bridgehead atoms. The topological polar surface area (TPSA) is 66.5 Å². The first kappa shape index (κ1) is 21.2. The number of carbonyl (C=O) groups excluding carboxylic acids is 1. The van der Waals surface area contributed by atoms with E-state index in [0.29, 0.717) is 24.3 Å². The second kappa shape index (κ2) is 8.07. The average molecular weight is 434 g/mol. The fourth-order valence-corrected chi connectivity index (χ4v) is 4.57. The van der Waals surface area contributed by atoms with Gasteiger partial charge in [-0.1, -0.05) is 0 Å². The number of anilines is 1. The van der Waals surface area contributed by atoms with Crippen LogP contribution < -0.4 is 5.32 Å². The van der Waals surface area contributed by atoms with Gasteiger partial charge in [-0.05, 0) is 31.0 Å². The first-order chi connectivity index (χ1) is 13.6. The molecule has 0 aliphatic carbocycles. The van der Waals surface area contributed by atoms with Crippen molar-refractivity contribution >= 4 is 21.6 Å². The number of piperidine rings is 1. The molecule has 1 saturated heterocycles. The molecule has 0 unspecified atom stereocenters. The highest BCUT2D eigenvalue weighted by atomic mass is 32.2. The third-order valence-electron chi connectivity index (χ3n) is 4.60. The summed E-state index contributed by atoms with van der Waals surface area (Å²) >= 11 is 0. The van der Waals surface area contributed by atoms with Crippen LogP contribution in [0.25, 0.3) is 0 Å². The number of halogens is 5. The summed E-state index contributed by atoms with van der Waals surface area (Å²) in [5.74, 6) is -7.31. The number of nitrogens with one attached hydrogen (secondary N) is 1. The van der Waals surface area contributed by atoms with Gasteiger partial charge in [0, 0.05) is 31.1 Å². The normalized spacial score (nSPS) is 16.0. The smallest absolute Gasteiger partial charge is 0.246 e. The van der Waals surface area contributed by atoms with Crippen molar-refractivity contribution in [2.75, 3.05) is 18.4 Å². The van der Waals surface area contributed by atoms with Crippen molar-refractivity contribution in [2.24, 2.45) is 5.92 Å². The number of rotatable bonds is 4. The highest BCUT2D eigenvalue weighted by molar-refractivity contribution is 7.89. The number of hydrogen-bond acceptors (Lipinski definition) is 3. The second-order valence-electron chi connectivity index (χ2n) is 6.49. The number of carbonyl (C=O) groups is 1. The number of amides is 1. The maximum absolute atomic E-state index is 13.8. The highest BCUT2D eigenvalue weighted by Crippen LogP contribution is 2.27. The fourth-order valence-electron chi connectivity index (χ4n) is 3.03. The van der Waals surface area contributed by atoms with Gasteiger partial charge in [0.15, 0.2) is 11.6 Å². The molecule has 1 N–H and O–H groups in total. The lowest BCUT2D eigenvalue weighted by Gasteiger charge is -2.30. The van der Waals surface area contributed by atoms with Crippen LogP contribution in [0.15, 0.2) is 35.2 Å². The van der Waals surface area contributed by atoms with Gasteiger partial charge in [0.05, 0.1) is 5.69 Å². The maximum Gasteiger partial charge on any atom is 0.246 e. The van der Waals surface area contributed by atoms with E-state index < -0.39 is 61.5 Å². The molecule has 5 nitrogen and oxygen atoms in total. The standard InChI is InChI=1S/C18H15F5N2O3S/c19-11-1-2-12(20)17(7-11)29(27,28)25-5-3-10(4-6-25)18(26)24-16-9-14(22)13(21)8-15(16)23/h1-2,7-10H,3-6H2,(H,24,26). The molecular formula is C18H15F5N2O3S.